The van der Waals surface area contributed by atoms with Gasteiger partial charge in [-0.3, -0.25) is 0 Å². The summed E-state index contributed by atoms with van der Waals surface area (Å²) in [5.41, 5.74) is 10.1. The van der Waals surface area contributed by atoms with Gasteiger partial charge < -0.3 is 15.8 Å². The second-order valence-corrected chi connectivity index (χ2v) is 6.19. The van der Waals surface area contributed by atoms with E-state index in [1.807, 2.05) is 31.2 Å². The minimum atomic E-state index is -0.356. The van der Waals surface area contributed by atoms with Crippen molar-refractivity contribution in [3.05, 3.63) is 83.3 Å². The van der Waals surface area contributed by atoms with Crippen molar-refractivity contribution >= 4 is 11.6 Å². The van der Waals surface area contributed by atoms with E-state index in [2.05, 4.69) is 22.2 Å². The summed E-state index contributed by atoms with van der Waals surface area (Å²) in [6.07, 6.45) is 1.65. The number of rotatable bonds is 5. The van der Waals surface area contributed by atoms with Gasteiger partial charge in [0.05, 0.1) is 6.54 Å². The fourth-order valence-corrected chi connectivity index (χ4v) is 2.40. The number of nitrogens with two attached hydrogens (primary N) is 1. The molecule has 0 bridgehead atoms. The number of benzene rings is 2. The number of hydrogen-bond donors (Lipinski definition) is 2. The van der Waals surface area contributed by atoms with Crippen LogP contribution >= 0.6 is 0 Å². The average molecular weight is 364 g/mol. The minimum Gasteiger partial charge on any atom is -0.439 e. The Balaban J connectivity index is 1.58. The first-order chi connectivity index (χ1) is 13.0. The lowest BCUT2D eigenvalue weighted by molar-refractivity contribution is 0.457. The molecule has 0 amide bonds. The van der Waals surface area contributed by atoms with Crippen molar-refractivity contribution in [2.45, 2.75) is 20.4 Å². The highest BCUT2D eigenvalue weighted by Gasteiger charge is 2.02. The molecule has 3 N–H and O–H groups in total. The number of hydrogen-bond acceptors (Lipinski definition) is 3. The molecule has 138 valence electrons. The van der Waals surface area contributed by atoms with E-state index < -0.39 is 0 Å². The maximum absolute atomic E-state index is 13.2. The van der Waals surface area contributed by atoms with E-state index in [1.54, 1.807) is 24.4 Å². The average Bonchev–Trinajstić information content (AvgIpc) is 2.64. The molecule has 0 fully saturated rings. The third-order valence-electron chi connectivity index (χ3n) is 4.03. The Morgan fingerprint density at radius 3 is 2.67 bits per heavy atom. The molecule has 3 rings (SSSR count). The Labute approximate surface area is 157 Å². The quantitative estimate of drug-likeness (QED) is 0.514. The molecule has 1 heterocycles. The van der Waals surface area contributed by atoms with Crippen molar-refractivity contribution in [2.75, 3.05) is 5.32 Å². The van der Waals surface area contributed by atoms with Crippen LogP contribution in [0.3, 0.4) is 0 Å². The first-order valence-corrected chi connectivity index (χ1v) is 8.52. The van der Waals surface area contributed by atoms with E-state index in [1.165, 1.54) is 23.3 Å². The van der Waals surface area contributed by atoms with Gasteiger partial charge >= 0.3 is 0 Å². The van der Waals surface area contributed by atoms with Crippen molar-refractivity contribution in [3.63, 3.8) is 0 Å². The van der Waals surface area contributed by atoms with Crippen LogP contribution in [0.2, 0.25) is 0 Å². The summed E-state index contributed by atoms with van der Waals surface area (Å²) in [4.78, 5) is 8.53. The van der Waals surface area contributed by atoms with Gasteiger partial charge in [0.1, 0.15) is 11.6 Å². The summed E-state index contributed by atoms with van der Waals surface area (Å²) in [5.74, 6) is 0.758. The molecule has 0 saturated carbocycles. The van der Waals surface area contributed by atoms with Crippen LogP contribution in [0.25, 0.3) is 0 Å². The van der Waals surface area contributed by atoms with Crippen molar-refractivity contribution in [2.24, 2.45) is 10.7 Å². The Kier molecular flexibility index (Phi) is 5.66. The first kappa shape index (κ1) is 18.4. The van der Waals surface area contributed by atoms with E-state index in [0.717, 1.165) is 11.3 Å². The van der Waals surface area contributed by atoms with Crippen LogP contribution < -0.4 is 15.8 Å². The lowest BCUT2D eigenvalue weighted by Gasteiger charge is -2.08. The molecule has 0 unspecified atom stereocenters. The van der Waals surface area contributed by atoms with Crippen molar-refractivity contribution in [1.82, 2.24) is 4.98 Å². The number of guanidine groups is 1. The van der Waals surface area contributed by atoms with E-state index >= 15 is 0 Å². The number of pyridine rings is 1. The number of nitrogens with one attached hydrogen (secondary N) is 1. The number of nitrogens with zero attached hydrogens (tertiary/aromatic N) is 2. The van der Waals surface area contributed by atoms with Gasteiger partial charge in [0.2, 0.25) is 5.88 Å². The third kappa shape index (κ3) is 5.28. The van der Waals surface area contributed by atoms with E-state index in [0.29, 0.717) is 24.1 Å². The third-order valence-corrected chi connectivity index (χ3v) is 4.03. The molecule has 0 radical (unpaired) electrons. The van der Waals surface area contributed by atoms with Crippen LogP contribution in [0.5, 0.6) is 11.6 Å². The lowest BCUT2D eigenvalue weighted by atomic mass is 10.1. The SMILES string of the molecule is Cc1ccc(NC(N)=NCc2ccc(Oc3cccc(F)c3)nc2)cc1C. The highest BCUT2D eigenvalue weighted by atomic mass is 19.1. The maximum atomic E-state index is 13.2. The van der Waals surface area contributed by atoms with Crippen LogP contribution in [0.4, 0.5) is 10.1 Å². The van der Waals surface area contributed by atoms with Crippen molar-refractivity contribution < 1.29 is 9.13 Å². The minimum absolute atomic E-state index is 0.332. The Bertz CT molecular complexity index is 955. The second kappa shape index (κ2) is 8.31. The van der Waals surface area contributed by atoms with Crippen molar-refractivity contribution in [1.29, 1.82) is 0 Å². The van der Waals surface area contributed by atoms with E-state index in [-0.39, 0.29) is 5.82 Å². The Morgan fingerprint density at radius 2 is 1.96 bits per heavy atom. The van der Waals surface area contributed by atoms with Crippen LogP contribution in [-0.2, 0) is 6.54 Å². The highest BCUT2D eigenvalue weighted by Crippen LogP contribution is 2.20. The molecule has 1 aromatic heterocycles. The van der Waals surface area contributed by atoms with Gasteiger partial charge in [-0.05, 0) is 54.8 Å². The summed E-state index contributed by atoms with van der Waals surface area (Å²) >= 11 is 0. The molecule has 0 aliphatic carbocycles. The normalized spacial score (nSPS) is 11.3. The van der Waals surface area contributed by atoms with Gasteiger partial charge in [-0.15, -0.1) is 0 Å². The molecule has 0 spiro atoms. The van der Waals surface area contributed by atoms with Gasteiger partial charge in [-0.2, -0.15) is 0 Å². The molecule has 0 aliphatic heterocycles. The van der Waals surface area contributed by atoms with Gasteiger partial charge in [0, 0.05) is 24.0 Å². The molecule has 5 nitrogen and oxygen atoms in total. The summed E-state index contributed by atoms with van der Waals surface area (Å²) in [6, 6.07) is 15.5. The van der Waals surface area contributed by atoms with Crippen LogP contribution in [0, 0.1) is 19.7 Å². The van der Waals surface area contributed by atoms with Gasteiger partial charge in [0.25, 0.3) is 0 Å². The number of ether oxygens (including phenoxy) is 1. The number of aromatic nitrogens is 1. The largest absolute Gasteiger partial charge is 0.439 e. The van der Waals surface area contributed by atoms with Crippen LogP contribution in [0.15, 0.2) is 65.8 Å². The predicted octanol–water partition coefficient (Wildman–Crippen LogP) is 4.56. The zero-order valence-electron chi connectivity index (χ0n) is 15.2. The molecule has 3 aromatic rings. The Morgan fingerprint density at radius 1 is 1.11 bits per heavy atom. The molecule has 6 heteroatoms. The van der Waals surface area contributed by atoms with Crippen LogP contribution in [0.1, 0.15) is 16.7 Å². The summed E-state index contributed by atoms with van der Waals surface area (Å²) in [6.45, 7) is 4.50. The molecule has 27 heavy (non-hydrogen) atoms. The topological polar surface area (TPSA) is 72.5 Å². The number of halogens is 1. The maximum Gasteiger partial charge on any atom is 0.219 e. The zero-order chi connectivity index (χ0) is 19.2. The van der Waals surface area contributed by atoms with Crippen LogP contribution in [-0.4, -0.2) is 10.9 Å². The fourth-order valence-electron chi connectivity index (χ4n) is 2.40. The van der Waals surface area contributed by atoms with Gasteiger partial charge in [0.15, 0.2) is 5.96 Å². The van der Waals surface area contributed by atoms with E-state index in [4.69, 9.17) is 10.5 Å². The monoisotopic (exact) mass is 364 g/mol. The standard InChI is InChI=1S/C21H21FN4O/c1-14-6-8-18(10-15(14)2)26-21(23)25-13-16-7-9-20(24-12-16)27-19-5-3-4-17(22)11-19/h3-12H,13H2,1-2H3,(H3,23,25,26). The molecular formula is C21H21FN4O. The smallest absolute Gasteiger partial charge is 0.219 e. The number of aryl methyl sites for hydroxylation is 2. The number of anilines is 1. The van der Waals surface area contributed by atoms with Gasteiger partial charge in [-0.25, -0.2) is 14.4 Å². The number of aliphatic imine (C=N–C) groups is 1. The fraction of sp³-hybridized carbons (Fsp3) is 0.143. The molecule has 2 aromatic carbocycles. The Hall–Kier alpha value is -3.41. The molecule has 0 saturated heterocycles. The molecule has 0 atom stereocenters. The zero-order valence-corrected chi connectivity index (χ0v) is 15.2. The first-order valence-electron chi connectivity index (χ1n) is 8.52. The van der Waals surface area contributed by atoms with E-state index in [9.17, 15) is 4.39 Å². The predicted molar refractivity (Wildman–Crippen MR) is 106 cm³/mol. The van der Waals surface area contributed by atoms with Crippen molar-refractivity contribution in [3.8, 4) is 11.6 Å². The molecular weight excluding hydrogens is 343 g/mol. The summed E-state index contributed by atoms with van der Waals surface area (Å²) in [5, 5.41) is 3.08. The lowest BCUT2D eigenvalue weighted by Crippen LogP contribution is -2.22. The summed E-state index contributed by atoms with van der Waals surface area (Å²) < 4.78 is 18.7. The molecule has 0 aliphatic rings. The van der Waals surface area contributed by atoms with Gasteiger partial charge in [-0.1, -0.05) is 18.2 Å². The highest BCUT2D eigenvalue weighted by molar-refractivity contribution is 5.92. The summed E-state index contributed by atoms with van der Waals surface area (Å²) in [7, 11) is 0. The second-order valence-electron chi connectivity index (χ2n) is 6.19.